The number of carbonyl (C=O) groups excluding carboxylic acids is 1. The van der Waals surface area contributed by atoms with Crippen LogP contribution in [0.25, 0.3) is 0 Å². The fraction of sp³-hybridized carbons (Fsp3) is 0.182. The average molecular weight is 416 g/mol. The molecule has 2 heterocycles. The highest BCUT2D eigenvalue weighted by atomic mass is 16.5. The lowest BCUT2D eigenvalue weighted by atomic mass is 9.94. The number of rotatable bonds is 5. The molecule has 2 N–H and O–H groups in total. The van der Waals surface area contributed by atoms with Gasteiger partial charge in [0.2, 0.25) is 5.95 Å². The van der Waals surface area contributed by atoms with Gasteiger partial charge in [0.25, 0.3) is 5.91 Å². The van der Waals surface area contributed by atoms with Crippen molar-refractivity contribution in [1.29, 1.82) is 5.26 Å². The van der Waals surface area contributed by atoms with Crippen LogP contribution in [0.1, 0.15) is 24.1 Å². The molecular weight excluding hydrogens is 396 g/mol. The van der Waals surface area contributed by atoms with Crippen LogP contribution in [0.3, 0.4) is 0 Å². The zero-order valence-electron chi connectivity index (χ0n) is 17.2. The number of benzene rings is 2. The molecule has 0 bridgehead atoms. The third-order valence-electron chi connectivity index (χ3n) is 5.05. The number of hydrogen-bond acceptors (Lipinski definition) is 7. The number of aromatic nitrogens is 3. The number of amides is 1. The van der Waals surface area contributed by atoms with Crippen molar-refractivity contribution in [2.75, 3.05) is 24.9 Å². The second kappa shape index (κ2) is 8.20. The smallest absolute Gasteiger partial charge is 0.255 e. The van der Waals surface area contributed by atoms with Crippen LogP contribution in [0.4, 0.5) is 11.6 Å². The molecule has 0 saturated carbocycles. The van der Waals surface area contributed by atoms with Gasteiger partial charge in [-0.1, -0.05) is 12.1 Å². The lowest BCUT2D eigenvalue weighted by Crippen LogP contribution is -2.31. The molecule has 0 aliphatic carbocycles. The van der Waals surface area contributed by atoms with Gasteiger partial charge >= 0.3 is 0 Å². The lowest BCUT2D eigenvalue weighted by Gasteiger charge is -2.29. The van der Waals surface area contributed by atoms with E-state index in [-0.39, 0.29) is 5.91 Å². The van der Waals surface area contributed by atoms with Crippen LogP contribution >= 0.6 is 0 Å². The van der Waals surface area contributed by atoms with Gasteiger partial charge in [-0.15, -0.1) is 0 Å². The number of hydrogen-bond donors (Lipinski definition) is 2. The highest BCUT2D eigenvalue weighted by Crippen LogP contribution is 2.36. The maximum Gasteiger partial charge on any atom is 0.255 e. The predicted molar refractivity (Wildman–Crippen MR) is 114 cm³/mol. The number of nitriles is 1. The van der Waals surface area contributed by atoms with Gasteiger partial charge in [-0.2, -0.15) is 15.3 Å². The Morgan fingerprint density at radius 1 is 1.19 bits per heavy atom. The molecule has 0 spiro atoms. The van der Waals surface area contributed by atoms with Crippen LogP contribution in [-0.2, 0) is 4.79 Å². The molecule has 1 unspecified atom stereocenters. The average Bonchev–Trinajstić information content (AvgIpc) is 3.26. The van der Waals surface area contributed by atoms with E-state index in [1.165, 1.54) is 13.4 Å². The minimum absolute atomic E-state index is 0.327. The zero-order valence-corrected chi connectivity index (χ0v) is 17.2. The van der Waals surface area contributed by atoms with Gasteiger partial charge in [0, 0.05) is 11.8 Å². The van der Waals surface area contributed by atoms with Crippen LogP contribution in [-0.4, -0.2) is 34.9 Å². The molecule has 1 amide bonds. The van der Waals surface area contributed by atoms with Crippen molar-refractivity contribution >= 4 is 17.5 Å². The Balaban J connectivity index is 1.76. The first-order valence-corrected chi connectivity index (χ1v) is 9.46. The normalized spacial score (nSPS) is 14.8. The van der Waals surface area contributed by atoms with Crippen molar-refractivity contribution in [2.24, 2.45) is 0 Å². The molecule has 1 aliphatic rings. The summed E-state index contributed by atoms with van der Waals surface area (Å²) in [4.78, 5) is 17.7. The molecule has 0 radical (unpaired) electrons. The predicted octanol–water partition coefficient (Wildman–Crippen LogP) is 3.09. The molecule has 9 heteroatoms. The van der Waals surface area contributed by atoms with Gasteiger partial charge in [0.05, 0.1) is 37.1 Å². The summed E-state index contributed by atoms with van der Waals surface area (Å²) in [5.74, 6) is 1.30. The Kier molecular flexibility index (Phi) is 5.28. The second-order valence-electron chi connectivity index (χ2n) is 6.85. The monoisotopic (exact) mass is 416 g/mol. The van der Waals surface area contributed by atoms with E-state index in [0.717, 1.165) is 5.56 Å². The van der Waals surface area contributed by atoms with E-state index in [2.05, 4.69) is 26.8 Å². The Morgan fingerprint density at radius 2 is 1.97 bits per heavy atom. The van der Waals surface area contributed by atoms with Crippen molar-refractivity contribution in [1.82, 2.24) is 14.8 Å². The number of fused-ring (bicyclic) bond motifs is 1. The third-order valence-corrected chi connectivity index (χ3v) is 5.05. The van der Waals surface area contributed by atoms with Crippen LogP contribution < -0.4 is 20.1 Å². The summed E-state index contributed by atoms with van der Waals surface area (Å²) >= 11 is 0. The van der Waals surface area contributed by atoms with Crippen LogP contribution in [0.15, 0.2) is 60.1 Å². The van der Waals surface area contributed by atoms with Crippen molar-refractivity contribution < 1.29 is 14.3 Å². The summed E-state index contributed by atoms with van der Waals surface area (Å²) in [5.41, 5.74) is 2.93. The Morgan fingerprint density at radius 3 is 2.65 bits per heavy atom. The topological polar surface area (TPSA) is 114 Å². The fourth-order valence-corrected chi connectivity index (χ4v) is 3.53. The summed E-state index contributed by atoms with van der Waals surface area (Å²) in [6.07, 6.45) is 1.43. The van der Waals surface area contributed by atoms with E-state index in [1.54, 1.807) is 42.1 Å². The largest absolute Gasteiger partial charge is 0.497 e. The van der Waals surface area contributed by atoms with Crippen LogP contribution in [0.2, 0.25) is 0 Å². The van der Waals surface area contributed by atoms with Gasteiger partial charge in [-0.25, -0.2) is 4.68 Å². The molecule has 9 nitrogen and oxygen atoms in total. The van der Waals surface area contributed by atoms with Crippen molar-refractivity contribution in [3.63, 3.8) is 0 Å². The maximum absolute atomic E-state index is 13.5. The second-order valence-corrected chi connectivity index (χ2v) is 6.85. The molecule has 156 valence electrons. The summed E-state index contributed by atoms with van der Waals surface area (Å²) in [7, 11) is 3.09. The van der Waals surface area contributed by atoms with E-state index in [4.69, 9.17) is 14.7 Å². The first-order chi connectivity index (χ1) is 15.0. The summed E-state index contributed by atoms with van der Waals surface area (Å²) in [5, 5.41) is 19.5. The van der Waals surface area contributed by atoms with E-state index in [1.807, 2.05) is 19.1 Å². The van der Waals surface area contributed by atoms with Gasteiger partial charge in [-0.05, 0) is 36.8 Å². The molecule has 4 rings (SSSR count). The maximum atomic E-state index is 13.5. The number of nitrogens with zero attached hydrogens (tertiary/aromatic N) is 4. The SMILES string of the molecule is COc1ccc(OC)c(NC(=O)C2=C(C)Nc3ncnn3C2c2ccc(C#N)cc2)c1. The third kappa shape index (κ3) is 3.67. The van der Waals surface area contributed by atoms with Gasteiger partial charge in [-0.3, -0.25) is 4.79 Å². The molecule has 1 aliphatic heterocycles. The zero-order chi connectivity index (χ0) is 22.0. The van der Waals surface area contributed by atoms with E-state index < -0.39 is 6.04 Å². The van der Waals surface area contributed by atoms with Gasteiger partial charge in [0.15, 0.2) is 0 Å². The number of allylic oxidation sites excluding steroid dienone is 1. The Labute approximate surface area is 178 Å². The van der Waals surface area contributed by atoms with Crippen LogP contribution in [0.5, 0.6) is 11.5 Å². The Hall–Kier alpha value is -4.32. The van der Waals surface area contributed by atoms with Crippen LogP contribution in [0, 0.1) is 11.3 Å². The molecule has 0 fully saturated rings. The van der Waals surface area contributed by atoms with E-state index in [9.17, 15) is 4.79 Å². The summed E-state index contributed by atoms with van der Waals surface area (Å²) < 4.78 is 12.3. The fourth-order valence-electron chi connectivity index (χ4n) is 3.53. The minimum atomic E-state index is -0.525. The van der Waals surface area contributed by atoms with Crippen molar-refractivity contribution in [3.05, 3.63) is 71.2 Å². The molecule has 3 aromatic rings. The van der Waals surface area contributed by atoms with E-state index in [0.29, 0.717) is 40.0 Å². The molecule has 31 heavy (non-hydrogen) atoms. The number of carbonyl (C=O) groups is 1. The number of methoxy groups -OCH3 is 2. The van der Waals surface area contributed by atoms with Gasteiger partial charge < -0.3 is 20.1 Å². The highest BCUT2D eigenvalue weighted by Gasteiger charge is 2.33. The number of ether oxygens (including phenoxy) is 2. The first kappa shape index (κ1) is 20.0. The minimum Gasteiger partial charge on any atom is -0.497 e. The summed E-state index contributed by atoms with van der Waals surface area (Å²) in [6, 6.07) is 13.8. The molecule has 0 saturated heterocycles. The molecule has 1 aromatic heterocycles. The molecular formula is C22H20N6O3. The van der Waals surface area contributed by atoms with E-state index >= 15 is 0 Å². The molecule has 1 atom stereocenters. The van der Waals surface area contributed by atoms with Gasteiger partial charge in [0.1, 0.15) is 23.9 Å². The summed E-state index contributed by atoms with van der Waals surface area (Å²) in [6.45, 7) is 1.81. The number of nitrogens with one attached hydrogen (secondary N) is 2. The molecule has 2 aromatic carbocycles. The Bertz CT molecular complexity index is 1210. The standard InChI is InChI=1S/C22H20N6O3/c1-13-19(21(29)27-17-10-16(30-2)8-9-18(17)31-3)20(28-22(26-13)24-12-25-28)15-6-4-14(11-23)5-7-15/h4-10,12,20H,1-3H3,(H,27,29)(H,24,25,26). The quantitative estimate of drug-likeness (QED) is 0.657. The number of anilines is 2. The van der Waals surface area contributed by atoms with Crippen molar-refractivity contribution in [2.45, 2.75) is 13.0 Å². The van der Waals surface area contributed by atoms with Crippen molar-refractivity contribution in [3.8, 4) is 17.6 Å². The first-order valence-electron chi connectivity index (χ1n) is 9.46. The lowest BCUT2D eigenvalue weighted by molar-refractivity contribution is -0.113. The highest BCUT2D eigenvalue weighted by molar-refractivity contribution is 6.06.